The molecule has 0 aliphatic heterocycles. The summed E-state index contributed by atoms with van der Waals surface area (Å²) in [4.78, 5) is 0. The number of halogens is 1. The Morgan fingerprint density at radius 3 is 2.70 bits per heavy atom. The van der Waals surface area contributed by atoms with Crippen molar-refractivity contribution in [3.05, 3.63) is 28.8 Å². The molecular formula is C16H24ClNO2. The maximum absolute atomic E-state index is 9.56. The summed E-state index contributed by atoms with van der Waals surface area (Å²) in [6.07, 6.45) is 3.70. The summed E-state index contributed by atoms with van der Waals surface area (Å²) in [5, 5.41) is 13.9. The quantitative estimate of drug-likeness (QED) is 0.871. The van der Waals surface area contributed by atoms with E-state index >= 15 is 0 Å². The van der Waals surface area contributed by atoms with E-state index in [1.807, 2.05) is 25.1 Å². The molecular weight excluding hydrogens is 274 g/mol. The van der Waals surface area contributed by atoms with E-state index in [9.17, 15) is 5.11 Å². The summed E-state index contributed by atoms with van der Waals surface area (Å²) < 4.78 is 5.68. The second-order valence-electron chi connectivity index (χ2n) is 5.51. The molecule has 2 rings (SSSR count). The van der Waals surface area contributed by atoms with Gasteiger partial charge in [-0.2, -0.15) is 0 Å². The summed E-state index contributed by atoms with van der Waals surface area (Å²) >= 11 is 6.11. The van der Waals surface area contributed by atoms with E-state index in [4.69, 9.17) is 16.3 Å². The van der Waals surface area contributed by atoms with Crippen molar-refractivity contribution in [2.75, 3.05) is 6.61 Å². The molecule has 0 saturated heterocycles. The van der Waals surface area contributed by atoms with E-state index in [1.165, 1.54) is 0 Å². The predicted molar refractivity (Wildman–Crippen MR) is 82.4 cm³/mol. The molecule has 0 radical (unpaired) electrons. The third kappa shape index (κ3) is 4.11. The molecule has 0 aromatic heterocycles. The van der Waals surface area contributed by atoms with Gasteiger partial charge in [-0.15, -0.1) is 0 Å². The predicted octanol–water partition coefficient (Wildman–Crippen LogP) is 3.69. The Morgan fingerprint density at radius 1 is 1.35 bits per heavy atom. The molecule has 20 heavy (non-hydrogen) atoms. The van der Waals surface area contributed by atoms with Crippen molar-refractivity contribution in [1.82, 2.24) is 5.32 Å². The van der Waals surface area contributed by atoms with E-state index < -0.39 is 0 Å². The minimum atomic E-state index is -0.117. The van der Waals surface area contributed by atoms with E-state index in [0.29, 0.717) is 12.6 Å². The Kier molecular flexibility index (Phi) is 5.70. The first kappa shape index (κ1) is 15.6. The molecule has 0 spiro atoms. The number of ether oxygens (including phenoxy) is 1. The average molecular weight is 298 g/mol. The summed E-state index contributed by atoms with van der Waals surface area (Å²) in [5.74, 6) is 0.896. The Hall–Kier alpha value is -0.770. The van der Waals surface area contributed by atoms with Gasteiger partial charge in [0.15, 0.2) is 0 Å². The van der Waals surface area contributed by atoms with Crippen LogP contribution < -0.4 is 10.1 Å². The molecule has 1 unspecified atom stereocenters. The van der Waals surface area contributed by atoms with Crippen LogP contribution in [0.3, 0.4) is 0 Å². The molecule has 1 aliphatic carbocycles. The molecule has 0 bridgehead atoms. The molecule has 3 nitrogen and oxygen atoms in total. The Labute approximate surface area is 126 Å². The molecule has 112 valence electrons. The molecule has 1 fully saturated rings. The number of nitrogens with one attached hydrogen (secondary N) is 1. The number of rotatable bonds is 5. The fraction of sp³-hybridized carbons (Fsp3) is 0.625. The van der Waals surface area contributed by atoms with Gasteiger partial charge in [-0.3, -0.25) is 0 Å². The maximum atomic E-state index is 9.56. The van der Waals surface area contributed by atoms with Gasteiger partial charge in [0, 0.05) is 22.7 Å². The van der Waals surface area contributed by atoms with Crippen molar-refractivity contribution in [2.24, 2.45) is 0 Å². The fourth-order valence-corrected chi connectivity index (χ4v) is 3.01. The Morgan fingerprint density at radius 2 is 2.05 bits per heavy atom. The summed E-state index contributed by atoms with van der Waals surface area (Å²) in [6.45, 7) is 4.77. The largest absolute Gasteiger partial charge is 0.494 e. The van der Waals surface area contributed by atoms with E-state index in [-0.39, 0.29) is 12.1 Å². The monoisotopic (exact) mass is 297 g/mol. The lowest BCUT2D eigenvalue weighted by Crippen LogP contribution is -2.36. The highest BCUT2D eigenvalue weighted by atomic mass is 35.5. The zero-order chi connectivity index (χ0) is 14.5. The number of hydrogen-bond donors (Lipinski definition) is 2. The zero-order valence-electron chi connectivity index (χ0n) is 12.2. The Balaban J connectivity index is 2.04. The van der Waals surface area contributed by atoms with Crippen LogP contribution in [0.25, 0.3) is 0 Å². The first-order valence-corrected chi connectivity index (χ1v) is 7.84. The highest BCUT2D eigenvalue weighted by molar-refractivity contribution is 6.30. The molecule has 1 atom stereocenters. The van der Waals surface area contributed by atoms with Gasteiger partial charge in [-0.1, -0.05) is 11.6 Å². The van der Waals surface area contributed by atoms with Gasteiger partial charge in [-0.05, 0) is 57.7 Å². The smallest absolute Gasteiger partial charge is 0.124 e. The zero-order valence-corrected chi connectivity index (χ0v) is 13.0. The lowest BCUT2D eigenvalue weighted by Gasteiger charge is -2.29. The normalized spacial score (nSPS) is 24.4. The van der Waals surface area contributed by atoms with Gasteiger partial charge < -0.3 is 15.2 Å². The number of aliphatic hydroxyl groups excluding tert-OH is 1. The molecule has 1 aliphatic rings. The van der Waals surface area contributed by atoms with Crippen LogP contribution in [-0.4, -0.2) is 23.9 Å². The van der Waals surface area contributed by atoms with Gasteiger partial charge in [0.2, 0.25) is 0 Å². The average Bonchev–Trinajstić information content (AvgIpc) is 2.43. The highest BCUT2D eigenvalue weighted by Gasteiger charge is 2.22. The van der Waals surface area contributed by atoms with Gasteiger partial charge in [0.1, 0.15) is 5.75 Å². The van der Waals surface area contributed by atoms with E-state index in [0.717, 1.165) is 42.0 Å². The molecule has 2 N–H and O–H groups in total. The van der Waals surface area contributed by atoms with Crippen LogP contribution in [0, 0.1) is 0 Å². The fourth-order valence-electron chi connectivity index (χ4n) is 2.83. The Bertz CT molecular complexity index is 430. The standard InChI is InChI=1S/C16H24ClNO2/c1-3-20-16-9-4-12(17)10-15(16)11(2)18-13-5-7-14(19)8-6-13/h4,9-11,13-14,18-19H,3,5-8H2,1-2H3. The first-order valence-electron chi connectivity index (χ1n) is 7.46. The maximum Gasteiger partial charge on any atom is 0.124 e. The van der Waals surface area contributed by atoms with Crippen LogP contribution in [0.4, 0.5) is 0 Å². The second kappa shape index (κ2) is 7.30. The summed E-state index contributed by atoms with van der Waals surface area (Å²) in [5.41, 5.74) is 1.10. The number of hydrogen-bond acceptors (Lipinski definition) is 3. The van der Waals surface area contributed by atoms with Crippen molar-refractivity contribution in [3.63, 3.8) is 0 Å². The van der Waals surface area contributed by atoms with Crippen LogP contribution in [0.1, 0.15) is 51.1 Å². The van der Waals surface area contributed by atoms with Gasteiger partial charge >= 0.3 is 0 Å². The third-order valence-corrected chi connectivity index (χ3v) is 4.16. The van der Waals surface area contributed by atoms with Crippen LogP contribution in [0.5, 0.6) is 5.75 Å². The highest BCUT2D eigenvalue weighted by Crippen LogP contribution is 2.30. The number of benzene rings is 1. The van der Waals surface area contributed by atoms with Crippen LogP contribution in [0.2, 0.25) is 5.02 Å². The lowest BCUT2D eigenvalue weighted by atomic mass is 9.92. The van der Waals surface area contributed by atoms with Crippen molar-refractivity contribution in [2.45, 2.75) is 57.7 Å². The van der Waals surface area contributed by atoms with Crippen LogP contribution in [-0.2, 0) is 0 Å². The van der Waals surface area contributed by atoms with Crippen molar-refractivity contribution in [3.8, 4) is 5.75 Å². The van der Waals surface area contributed by atoms with Gasteiger partial charge in [-0.25, -0.2) is 0 Å². The van der Waals surface area contributed by atoms with E-state index in [2.05, 4.69) is 12.2 Å². The molecule has 1 aromatic rings. The number of aliphatic hydroxyl groups is 1. The summed E-state index contributed by atoms with van der Waals surface area (Å²) in [7, 11) is 0. The SMILES string of the molecule is CCOc1ccc(Cl)cc1C(C)NC1CCC(O)CC1. The minimum absolute atomic E-state index is 0.117. The second-order valence-corrected chi connectivity index (χ2v) is 5.95. The molecule has 0 amide bonds. The summed E-state index contributed by atoms with van der Waals surface area (Å²) in [6, 6.07) is 6.42. The van der Waals surface area contributed by atoms with Crippen LogP contribution >= 0.6 is 11.6 Å². The lowest BCUT2D eigenvalue weighted by molar-refractivity contribution is 0.114. The molecule has 1 saturated carbocycles. The van der Waals surface area contributed by atoms with Gasteiger partial charge in [0.25, 0.3) is 0 Å². The molecule has 0 heterocycles. The first-order chi connectivity index (χ1) is 9.60. The molecule has 4 heteroatoms. The van der Waals surface area contributed by atoms with Crippen molar-refractivity contribution in [1.29, 1.82) is 0 Å². The van der Waals surface area contributed by atoms with Gasteiger partial charge in [0.05, 0.1) is 12.7 Å². The van der Waals surface area contributed by atoms with Crippen molar-refractivity contribution >= 4 is 11.6 Å². The van der Waals surface area contributed by atoms with E-state index in [1.54, 1.807) is 0 Å². The third-order valence-electron chi connectivity index (χ3n) is 3.92. The minimum Gasteiger partial charge on any atom is -0.494 e. The van der Waals surface area contributed by atoms with Crippen molar-refractivity contribution < 1.29 is 9.84 Å². The van der Waals surface area contributed by atoms with Crippen LogP contribution in [0.15, 0.2) is 18.2 Å². The molecule has 1 aromatic carbocycles. The topological polar surface area (TPSA) is 41.5 Å².